The Balaban J connectivity index is 1.57. The number of hydrazone groups is 1. The molecule has 2 saturated carbocycles. The zero-order valence-electron chi connectivity index (χ0n) is 18.8. The van der Waals surface area contributed by atoms with Crippen molar-refractivity contribution in [3.05, 3.63) is 29.8 Å². The molecule has 170 valence electrons. The standard InChI is InChI=1S/C22H31N3O5S/c1-15-8-6-7-9-17(15)25(31(5,28)29)13-20(27)30-14-19(26)24-23-18-12-16-10-11-22(18,4)21(16,2)3/h6-9,16H,10-14H2,1-5H3,(H,24,26)/b23-18+. The number of anilines is 1. The minimum Gasteiger partial charge on any atom is -0.454 e. The minimum atomic E-state index is -3.71. The van der Waals surface area contributed by atoms with Crippen LogP contribution in [0.15, 0.2) is 29.4 Å². The monoisotopic (exact) mass is 449 g/mol. The second-order valence-electron chi connectivity index (χ2n) is 9.30. The third-order valence-electron chi connectivity index (χ3n) is 7.25. The van der Waals surface area contributed by atoms with Gasteiger partial charge in [0.2, 0.25) is 10.0 Å². The summed E-state index contributed by atoms with van der Waals surface area (Å²) < 4.78 is 30.3. The number of ether oxygens (including phenoxy) is 1. The number of sulfonamides is 1. The van der Waals surface area contributed by atoms with E-state index in [1.165, 1.54) is 6.42 Å². The van der Waals surface area contributed by atoms with Crippen LogP contribution < -0.4 is 9.73 Å². The predicted octanol–water partition coefficient (Wildman–Crippen LogP) is 2.62. The summed E-state index contributed by atoms with van der Waals surface area (Å²) in [5, 5.41) is 4.33. The molecule has 1 aromatic rings. The molecular weight excluding hydrogens is 418 g/mol. The SMILES string of the molecule is Cc1ccccc1N(CC(=O)OCC(=O)N/N=C1\CC2CCC1(C)C2(C)C)S(C)(=O)=O. The highest BCUT2D eigenvalue weighted by molar-refractivity contribution is 7.92. The Morgan fingerprint density at radius 1 is 1.26 bits per heavy atom. The van der Waals surface area contributed by atoms with Gasteiger partial charge in [-0.1, -0.05) is 39.0 Å². The van der Waals surface area contributed by atoms with Crippen molar-refractivity contribution in [3.63, 3.8) is 0 Å². The average Bonchev–Trinajstić information content (AvgIpc) is 3.02. The van der Waals surface area contributed by atoms with Crippen molar-refractivity contribution in [3.8, 4) is 0 Å². The average molecular weight is 450 g/mol. The molecule has 31 heavy (non-hydrogen) atoms. The summed E-state index contributed by atoms with van der Waals surface area (Å²) in [6.45, 7) is 7.40. The molecule has 3 rings (SSSR count). The highest BCUT2D eigenvalue weighted by atomic mass is 32.2. The summed E-state index contributed by atoms with van der Waals surface area (Å²) >= 11 is 0. The molecular formula is C22H31N3O5S. The first-order chi connectivity index (χ1) is 14.4. The molecule has 0 aromatic heterocycles. The molecule has 0 aliphatic heterocycles. The molecule has 1 amide bonds. The van der Waals surface area contributed by atoms with Crippen molar-refractivity contribution in [2.75, 3.05) is 23.7 Å². The molecule has 2 unspecified atom stereocenters. The number of rotatable bonds is 7. The molecule has 0 heterocycles. The number of aryl methyl sites for hydroxylation is 1. The lowest BCUT2D eigenvalue weighted by Gasteiger charge is -2.34. The van der Waals surface area contributed by atoms with Crippen LogP contribution in [0.4, 0.5) is 5.69 Å². The fraction of sp³-hybridized carbons (Fsp3) is 0.591. The Morgan fingerprint density at radius 2 is 1.94 bits per heavy atom. The van der Waals surface area contributed by atoms with Gasteiger partial charge in [-0.25, -0.2) is 13.8 Å². The van der Waals surface area contributed by atoms with E-state index in [4.69, 9.17) is 4.74 Å². The van der Waals surface area contributed by atoms with Gasteiger partial charge in [0.1, 0.15) is 6.54 Å². The van der Waals surface area contributed by atoms with E-state index in [2.05, 4.69) is 31.3 Å². The van der Waals surface area contributed by atoms with E-state index in [0.717, 1.165) is 29.1 Å². The van der Waals surface area contributed by atoms with Crippen LogP contribution in [0.2, 0.25) is 0 Å². The number of amides is 1. The van der Waals surface area contributed by atoms with Gasteiger partial charge < -0.3 is 4.74 Å². The third-order valence-corrected chi connectivity index (χ3v) is 8.38. The van der Waals surface area contributed by atoms with E-state index < -0.39 is 35.1 Å². The Hall–Kier alpha value is -2.42. The third kappa shape index (κ3) is 4.46. The lowest BCUT2D eigenvalue weighted by atomic mass is 9.70. The van der Waals surface area contributed by atoms with Crippen molar-refractivity contribution in [2.24, 2.45) is 21.8 Å². The van der Waals surface area contributed by atoms with Gasteiger partial charge in [0.25, 0.3) is 5.91 Å². The van der Waals surface area contributed by atoms with Crippen LogP contribution in [0.5, 0.6) is 0 Å². The quantitative estimate of drug-likeness (QED) is 0.509. The van der Waals surface area contributed by atoms with Crippen LogP contribution in [0.1, 0.15) is 45.6 Å². The van der Waals surface area contributed by atoms with E-state index in [1.807, 2.05) is 0 Å². The molecule has 0 saturated heterocycles. The molecule has 2 bridgehead atoms. The van der Waals surface area contributed by atoms with E-state index >= 15 is 0 Å². The smallest absolute Gasteiger partial charge is 0.327 e. The summed E-state index contributed by atoms with van der Waals surface area (Å²) in [5.41, 5.74) is 4.68. The first-order valence-electron chi connectivity index (χ1n) is 10.4. The van der Waals surface area contributed by atoms with Crippen LogP contribution >= 0.6 is 0 Å². The molecule has 2 aliphatic carbocycles. The number of carbonyl (C=O) groups excluding carboxylic acids is 2. The van der Waals surface area contributed by atoms with Gasteiger partial charge in [-0.2, -0.15) is 5.10 Å². The van der Waals surface area contributed by atoms with E-state index in [9.17, 15) is 18.0 Å². The number of fused-ring (bicyclic) bond motifs is 2. The second kappa shape index (κ2) is 8.26. The van der Waals surface area contributed by atoms with Crippen molar-refractivity contribution in [2.45, 2.75) is 47.0 Å². The highest BCUT2D eigenvalue weighted by Gasteiger charge is 2.60. The topological polar surface area (TPSA) is 105 Å². The van der Waals surface area contributed by atoms with Gasteiger partial charge >= 0.3 is 5.97 Å². The largest absolute Gasteiger partial charge is 0.454 e. The summed E-state index contributed by atoms with van der Waals surface area (Å²) in [6, 6.07) is 6.84. The Kier molecular flexibility index (Phi) is 6.19. The number of para-hydroxylation sites is 1. The van der Waals surface area contributed by atoms with Crippen molar-refractivity contribution >= 4 is 33.3 Å². The van der Waals surface area contributed by atoms with Gasteiger partial charge in [0.15, 0.2) is 6.61 Å². The van der Waals surface area contributed by atoms with Gasteiger partial charge in [0, 0.05) is 11.1 Å². The lowest BCUT2D eigenvalue weighted by molar-refractivity contribution is -0.147. The molecule has 0 spiro atoms. The number of benzene rings is 1. The van der Waals surface area contributed by atoms with Gasteiger partial charge in [-0.05, 0) is 49.1 Å². The molecule has 1 aromatic carbocycles. The van der Waals surface area contributed by atoms with E-state index in [1.54, 1.807) is 31.2 Å². The summed E-state index contributed by atoms with van der Waals surface area (Å²) in [7, 11) is -3.71. The second-order valence-corrected chi connectivity index (χ2v) is 11.2. The van der Waals surface area contributed by atoms with Crippen LogP contribution in [-0.4, -0.2) is 45.4 Å². The fourth-order valence-electron chi connectivity index (χ4n) is 4.79. The first-order valence-corrected chi connectivity index (χ1v) is 12.3. The maximum atomic E-state index is 12.2. The number of esters is 1. The predicted molar refractivity (Wildman–Crippen MR) is 119 cm³/mol. The number of carbonyl (C=O) groups is 2. The molecule has 2 aliphatic rings. The summed E-state index contributed by atoms with van der Waals surface area (Å²) in [6.07, 6.45) is 4.11. The minimum absolute atomic E-state index is 0.0366. The fourth-order valence-corrected chi connectivity index (χ4v) is 5.69. The van der Waals surface area contributed by atoms with Crippen molar-refractivity contribution in [1.82, 2.24) is 5.43 Å². The van der Waals surface area contributed by atoms with Crippen LogP contribution in [0.25, 0.3) is 0 Å². The Labute approximate surface area is 184 Å². The van der Waals surface area contributed by atoms with E-state index in [0.29, 0.717) is 17.2 Å². The normalized spacial score (nSPS) is 25.5. The van der Waals surface area contributed by atoms with Gasteiger partial charge in [0.05, 0.1) is 11.9 Å². The Morgan fingerprint density at radius 3 is 2.48 bits per heavy atom. The van der Waals surface area contributed by atoms with E-state index in [-0.39, 0.29) is 10.8 Å². The molecule has 9 heteroatoms. The van der Waals surface area contributed by atoms with Crippen LogP contribution in [0, 0.1) is 23.7 Å². The van der Waals surface area contributed by atoms with Crippen LogP contribution in [0.3, 0.4) is 0 Å². The molecule has 2 fully saturated rings. The number of hydrogen-bond acceptors (Lipinski definition) is 6. The number of nitrogens with zero attached hydrogens (tertiary/aromatic N) is 2. The van der Waals surface area contributed by atoms with Crippen molar-refractivity contribution in [1.29, 1.82) is 0 Å². The highest BCUT2D eigenvalue weighted by Crippen LogP contribution is 2.63. The maximum absolute atomic E-state index is 12.2. The van der Waals surface area contributed by atoms with Gasteiger partial charge in [-0.3, -0.25) is 13.9 Å². The Bertz CT molecular complexity index is 1020. The molecule has 8 nitrogen and oxygen atoms in total. The first kappa shape index (κ1) is 23.2. The zero-order valence-corrected chi connectivity index (χ0v) is 19.6. The number of nitrogens with one attached hydrogen (secondary N) is 1. The maximum Gasteiger partial charge on any atom is 0.327 e. The zero-order chi connectivity index (χ0) is 23.0. The molecule has 2 atom stereocenters. The van der Waals surface area contributed by atoms with Gasteiger partial charge in [-0.15, -0.1) is 0 Å². The number of hydrogen-bond donors (Lipinski definition) is 1. The summed E-state index contributed by atoms with van der Waals surface area (Å²) in [5.74, 6) is -0.800. The lowest BCUT2D eigenvalue weighted by Crippen LogP contribution is -2.37. The molecule has 0 radical (unpaired) electrons. The van der Waals surface area contributed by atoms with Crippen molar-refractivity contribution < 1.29 is 22.7 Å². The van der Waals surface area contributed by atoms with Crippen LogP contribution in [-0.2, 0) is 24.3 Å². The summed E-state index contributed by atoms with van der Waals surface area (Å²) in [4.78, 5) is 24.4. The molecule has 1 N–H and O–H groups in total.